The van der Waals surface area contributed by atoms with Crippen LogP contribution in [-0.4, -0.2) is 58.9 Å². The molecule has 0 amide bonds. The zero-order valence-corrected chi connectivity index (χ0v) is 14.8. The molecule has 0 aromatic heterocycles. The topological polar surface area (TPSA) is 75.0 Å². The van der Waals surface area contributed by atoms with Gasteiger partial charge in [0.25, 0.3) is 0 Å². The molecule has 6 heteroatoms. The van der Waals surface area contributed by atoms with Gasteiger partial charge < -0.3 is 30.0 Å². The third kappa shape index (κ3) is 12.9. The third-order valence-electron chi connectivity index (χ3n) is 3.17. The average Bonchev–Trinajstić information content (AvgIpc) is 2.44. The van der Waals surface area contributed by atoms with Gasteiger partial charge in [0, 0.05) is 40.2 Å². The van der Waals surface area contributed by atoms with Crippen LogP contribution in [0.2, 0.25) is 0 Å². The van der Waals surface area contributed by atoms with Crippen LogP contribution in [0.3, 0.4) is 0 Å². The molecule has 0 aliphatic heterocycles. The lowest BCUT2D eigenvalue weighted by Crippen LogP contribution is -2.30. The second-order valence-corrected chi connectivity index (χ2v) is 5.93. The molecule has 3 N–H and O–H groups in total. The summed E-state index contributed by atoms with van der Waals surface area (Å²) in [6.07, 6.45) is 3.73. The molecule has 0 radical (unpaired) electrons. The number of hydrogen-bond acceptors (Lipinski definition) is 6. The molecule has 0 rings (SSSR count). The van der Waals surface area contributed by atoms with E-state index in [9.17, 15) is 0 Å². The molecule has 22 heavy (non-hydrogen) atoms. The summed E-state index contributed by atoms with van der Waals surface area (Å²) in [5.74, 6) is 0. The van der Waals surface area contributed by atoms with Crippen LogP contribution in [0.15, 0.2) is 11.9 Å². The van der Waals surface area contributed by atoms with E-state index in [1.54, 1.807) is 20.4 Å². The van der Waals surface area contributed by atoms with Gasteiger partial charge in [0.05, 0.1) is 30.6 Å². The zero-order valence-electron chi connectivity index (χ0n) is 14.8. The molecule has 1 atom stereocenters. The van der Waals surface area contributed by atoms with Crippen molar-refractivity contribution in [2.45, 2.75) is 45.3 Å². The van der Waals surface area contributed by atoms with Gasteiger partial charge in [0.2, 0.25) is 0 Å². The van der Waals surface area contributed by atoms with Crippen molar-refractivity contribution < 1.29 is 18.9 Å². The zero-order chi connectivity index (χ0) is 16.8. The normalized spacial score (nSPS) is 14.1. The number of nitrogens with one attached hydrogen (secondary N) is 1. The molecule has 0 aliphatic carbocycles. The minimum absolute atomic E-state index is 0.204. The number of hydrogen-bond donors (Lipinski definition) is 2. The Morgan fingerprint density at radius 2 is 1.91 bits per heavy atom. The van der Waals surface area contributed by atoms with Crippen LogP contribution in [0.4, 0.5) is 0 Å². The number of nitrogens with two attached hydrogens (primary N) is 1. The second kappa shape index (κ2) is 12.7. The van der Waals surface area contributed by atoms with E-state index in [2.05, 4.69) is 26.1 Å². The van der Waals surface area contributed by atoms with E-state index in [-0.39, 0.29) is 11.7 Å². The second-order valence-electron chi connectivity index (χ2n) is 5.93. The van der Waals surface area contributed by atoms with Gasteiger partial charge >= 0.3 is 0 Å². The van der Waals surface area contributed by atoms with Crippen LogP contribution in [0.1, 0.15) is 33.6 Å². The van der Waals surface area contributed by atoms with Gasteiger partial charge in [-0.15, -0.1) is 0 Å². The maximum Gasteiger partial charge on any atom is 0.0871 e. The highest BCUT2D eigenvalue weighted by Gasteiger charge is 2.18. The quantitative estimate of drug-likeness (QED) is 0.474. The van der Waals surface area contributed by atoms with Gasteiger partial charge in [-0.1, -0.05) is 0 Å². The van der Waals surface area contributed by atoms with Crippen molar-refractivity contribution in [3.8, 4) is 0 Å². The van der Waals surface area contributed by atoms with Crippen molar-refractivity contribution in [2.24, 2.45) is 5.73 Å². The van der Waals surface area contributed by atoms with E-state index in [1.165, 1.54) is 0 Å². The minimum atomic E-state index is -0.204. The van der Waals surface area contributed by atoms with Crippen molar-refractivity contribution in [3.05, 3.63) is 11.9 Å². The van der Waals surface area contributed by atoms with Gasteiger partial charge in [-0.25, -0.2) is 0 Å². The first kappa shape index (κ1) is 21.2. The van der Waals surface area contributed by atoms with E-state index in [4.69, 9.17) is 24.7 Å². The lowest BCUT2D eigenvalue weighted by atomic mass is 10.1. The maximum atomic E-state index is 5.87. The summed E-state index contributed by atoms with van der Waals surface area (Å²) >= 11 is 0. The smallest absolute Gasteiger partial charge is 0.0871 e. The predicted molar refractivity (Wildman–Crippen MR) is 88.7 cm³/mol. The van der Waals surface area contributed by atoms with Gasteiger partial charge in [0.1, 0.15) is 0 Å². The maximum absolute atomic E-state index is 5.87. The Labute approximate surface area is 135 Å². The molecule has 132 valence electrons. The molecule has 0 aromatic rings. The SMILES string of the molecule is COCCC(C)OCCC(C)(C)OCCN/C=C(\N)COC. The Morgan fingerprint density at radius 1 is 1.18 bits per heavy atom. The van der Waals surface area contributed by atoms with Crippen LogP contribution in [-0.2, 0) is 18.9 Å². The van der Waals surface area contributed by atoms with E-state index >= 15 is 0 Å². The predicted octanol–water partition coefficient (Wildman–Crippen LogP) is 1.65. The molecule has 6 nitrogen and oxygen atoms in total. The van der Waals surface area contributed by atoms with Crippen LogP contribution < -0.4 is 11.1 Å². The molecule has 0 aromatic carbocycles. The van der Waals surface area contributed by atoms with Crippen molar-refractivity contribution in [2.75, 3.05) is 47.2 Å². The van der Waals surface area contributed by atoms with Crippen LogP contribution in [0.25, 0.3) is 0 Å². The fourth-order valence-electron chi connectivity index (χ4n) is 1.74. The Hall–Kier alpha value is -0.820. The molecule has 1 unspecified atom stereocenters. The summed E-state index contributed by atoms with van der Waals surface area (Å²) in [4.78, 5) is 0. The first-order valence-electron chi connectivity index (χ1n) is 7.82. The van der Waals surface area contributed by atoms with Crippen molar-refractivity contribution in [1.82, 2.24) is 5.32 Å². The largest absolute Gasteiger partial charge is 0.399 e. The molecule has 0 saturated carbocycles. The highest BCUT2D eigenvalue weighted by molar-refractivity contribution is 4.94. The Balaban J connectivity index is 3.70. The van der Waals surface area contributed by atoms with Crippen molar-refractivity contribution in [3.63, 3.8) is 0 Å². The van der Waals surface area contributed by atoms with Gasteiger partial charge in [-0.3, -0.25) is 0 Å². The Kier molecular flexibility index (Phi) is 12.2. The summed E-state index contributed by atoms with van der Waals surface area (Å²) < 4.78 is 21.6. The molecule has 0 spiro atoms. The average molecular weight is 318 g/mol. The lowest BCUT2D eigenvalue weighted by Gasteiger charge is -2.26. The Morgan fingerprint density at radius 3 is 2.55 bits per heavy atom. The first-order valence-corrected chi connectivity index (χ1v) is 7.82. The molecular formula is C16H34N2O4. The number of rotatable bonds is 14. The fourth-order valence-corrected chi connectivity index (χ4v) is 1.74. The highest BCUT2D eigenvalue weighted by Crippen LogP contribution is 2.14. The van der Waals surface area contributed by atoms with Crippen molar-refractivity contribution in [1.29, 1.82) is 0 Å². The summed E-state index contributed by atoms with van der Waals surface area (Å²) in [7, 11) is 3.32. The van der Waals surface area contributed by atoms with E-state index < -0.39 is 0 Å². The summed E-state index contributed by atoms with van der Waals surface area (Å²) in [6, 6.07) is 0. The molecule has 0 aliphatic rings. The van der Waals surface area contributed by atoms with Crippen LogP contribution >= 0.6 is 0 Å². The minimum Gasteiger partial charge on any atom is -0.399 e. The van der Waals surface area contributed by atoms with Gasteiger partial charge in [0.15, 0.2) is 0 Å². The molecule has 0 bridgehead atoms. The van der Waals surface area contributed by atoms with Gasteiger partial charge in [-0.05, 0) is 33.6 Å². The highest BCUT2D eigenvalue weighted by atomic mass is 16.5. The number of methoxy groups -OCH3 is 2. The van der Waals surface area contributed by atoms with Crippen LogP contribution in [0, 0.1) is 0 Å². The number of ether oxygens (including phenoxy) is 4. The molecule has 0 heterocycles. The van der Waals surface area contributed by atoms with E-state index in [0.29, 0.717) is 32.1 Å². The lowest BCUT2D eigenvalue weighted by molar-refractivity contribution is -0.0497. The van der Waals surface area contributed by atoms with E-state index in [0.717, 1.165) is 19.4 Å². The first-order chi connectivity index (χ1) is 10.4. The van der Waals surface area contributed by atoms with Crippen LogP contribution in [0.5, 0.6) is 0 Å². The monoisotopic (exact) mass is 318 g/mol. The molecular weight excluding hydrogens is 284 g/mol. The standard InChI is InChI=1S/C16H34N2O4/c1-14(6-9-19-4)21-10-7-16(2,3)22-11-8-18-12-15(17)13-20-5/h12,14,18H,6-11,13,17H2,1-5H3/b15-12-. The molecule has 0 saturated heterocycles. The van der Waals surface area contributed by atoms with Gasteiger partial charge in [-0.2, -0.15) is 0 Å². The summed E-state index contributed by atoms with van der Waals surface area (Å²) in [5.41, 5.74) is 6.15. The fraction of sp³-hybridized carbons (Fsp3) is 0.875. The van der Waals surface area contributed by atoms with E-state index in [1.807, 2.05) is 0 Å². The Bertz CT molecular complexity index is 296. The summed E-state index contributed by atoms with van der Waals surface area (Å²) in [6.45, 7) is 9.38. The molecule has 0 fully saturated rings. The third-order valence-corrected chi connectivity index (χ3v) is 3.17. The summed E-state index contributed by atoms with van der Waals surface area (Å²) in [5, 5.41) is 3.10. The van der Waals surface area contributed by atoms with Crippen molar-refractivity contribution >= 4 is 0 Å².